The second-order valence-corrected chi connectivity index (χ2v) is 36.2. The van der Waals surface area contributed by atoms with E-state index in [1.165, 1.54) is 30.4 Å². The van der Waals surface area contributed by atoms with Crippen LogP contribution in [0.4, 0.5) is 47.6 Å². The molecule has 7 N–H and O–H groups in total. The molecule has 5 aromatic carbocycles. The number of alkyl halides is 1. The van der Waals surface area contributed by atoms with Crippen LogP contribution in [0.5, 0.6) is 0 Å². The number of hydrogen-bond acceptors (Lipinski definition) is 28. The summed E-state index contributed by atoms with van der Waals surface area (Å²) in [5.74, 6) is 0.573. The van der Waals surface area contributed by atoms with E-state index in [1.807, 2.05) is 218 Å². The average Bonchev–Trinajstić information content (AvgIpc) is 1.75. The van der Waals surface area contributed by atoms with Crippen molar-refractivity contribution in [3.63, 3.8) is 0 Å². The first-order chi connectivity index (χ1) is 60.8. The van der Waals surface area contributed by atoms with Gasteiger partial charge in [0.2, 0.25) is 0 Å². The quantitative estimate of drug-likeness (QED) is 0.0130. The fourth-order valence-corrected chi connectivity index (χ4v) is 13.5. The number of nitrogens with one attached hydrogen (secondary N) is 3. The Morgan fingerprint density at radius 2 is 0.812 bits per heavy atom. The van der Waals surface area contributed by atoms with Crippen molar-refractivity contribution < 1.29 is 76.9 Å². The standard InChI is InChI=1S/C26H29N3O4S.C19H22N2O4S.C17H18N2O3S.C11H15NO2S.C7H8ClN.C6H4ClNO.C6H7NS.C2H6O2/c1-18-15-19(9-12-28-18)17-29(25(30)33-26(2,3)4)20-5-7-21(8-6-20)34-23-10-11-27-16-22(23)24-31-13-14-32-24;1-19(2,3)25-18(22)21-13-4-6-14(7-5-13)26-16-8-9-20-12-15(16)17-23-10-11-24-17;1-17(2,3)22-16(21)19-13-4-6-14(7-5-13)23-15-8-9-18-10-12(15)11-20;1-11(2,3)14-10(13)12-8-4-6-9(15)7-5-8;1-6-4-7(5-8)2-3-9-6;7-6-1-2-8-3-5(6)4-9;7-5-1-3-6(8)4-2-5;3-1-2-4/h5-12,15-16,24H,13-14,17H2,1-4H3;4-9,12,17H,10-11H2,1-3H3,(H,21,22);4-11H,1-3H3,(H,19,21);4-7,15H,1-3H3,(H,12,13);2-4H,5H2,1H3;1-4H;1-4,8H,7H2;3-4H,1-2H2. The lowest BCUT2D eigenvalue weighted by atomic mass is 10.2. The molecule has 0 aliphatic carbocycles. The van der Waals surface area contributed by atoms with Gasteiger partial charge in [0.25, 0.3) is 0 Å². The summed E-state index contributed by atoms with van der Waals surface area (Å²) in [5.41, 5.74) is 13.7. The van der Waals surface area contributed by atoms with Crippen molar-refractivity contribution in [1.82, 2.24) is 29.9 Å². The van der Waals surface area contributed by atoms with E-state index >= 15 is 0 Å². The molecule has 0 radical (unpaired) electrons. The minimum atomic E-state index is -0.596. The van der Waals surface area contributed by atoms with E-state index in [1.54, 1.807) is 120 Å². The number of aliphatic hydroxyl groups is 2. The van der Waals surface area contributed by atoms with Gasteiger partial charge in [0.15, 0.2) is 25.2 Å². The van der Waals surface area contributed by atoms with Gasteiger partial charge in [-0.05, 0) is 278 Å². The Morgan fingerprint density at radius 3 is 1.16 bits per heavy atom. The fraction of sp³-hybridized carbons (Fsp3) is 0.298. The highest BCUT2D eigenvalue weighted by Gasteiger charge is 2.27. The van der Waals surface area contributed by atoms with Crippen molar-refractivity contribution in [3.05, 3.63) is 282 Å². The largest absolute Gasteiger partial charge is 0.444 e. The Morgan fingerprint density at radius 1 is 0.469 bits per heavy atom. The van der Waals surface area contributed by atoms with Crippen LogP contribution in [0, 0.1) is 13.8 Å². The van der Waals surface area contributed by atoms with Gasteiger partial charge < -0.3 is 53.8 Å². The van der Waals surface area contributed by atoms with Crippen molar-refractivity contribution in [2.24, 2.45) is 0 Å². The molecular formula is C94H109Cl2N11O16S5. The number of nitrogens with zero attached hydrogens (tertiary/aromatic N) is 7. The Balaban J connectivity index is 0.000000242. The molecule has 0 atom stereocenters. The molecule has 2 saturated heterocycles. The predicted molar refractivity (Wildman–Crippen MR) is 509 cm³/mol. The average molecular weight is 1880 g/mol. The molecule has 34 heteroatoms. The van der Waals surface area contributed by atoms with Gasteiger partial charge in [0.05, 0.1) is 56.8 Å². The number of carbonyl (C=O) groups excluding carboxylic acids is 6. The third kappa shape index (κ3) is 42.5. The van der Waals surface area contributed by atoms with Gasteiger partial charge in [0, 0.05) is 164 Å². The van der Waals surface area contributed by atoms with E-state index < -0.39 is 46.8 Å². The second kappa shape index (κ2) is 54.6. The van der Waals surface area contributed by atoms with Gasteiger partial charge in [-0.15, -0.1) is 36.9 Å². The Kier molecular flexibility index (Phi) is 45.2. The van der Waals surface area contributed by atoms with Gasteiger partial charge >= 0.3 is 24.4 Å². The van der Waals surface area contributed by atoms with Crippen LogP contribution in [0.2, 0.25) is 5.02 Å². The highest BCUT2D eigenvalue weighted by atomic mass is 35.5. The number of ether oxygens (including phenoxy) is 8. The summed E-state index contributed by atoms with van der Waals surface area (Å²) in [7, 11) is 0. The number of hydrogen-bond donors (Lipinski definition) is 8. The van der Waals surface area contributed by atoms with Gasteiger partial charge in [-0.1, -0.05) is 46.9 Å². The maximum absolute atomic E-state index is 13.1. The number of anilines is 5. The first kappa shape index (κ1) is 106. The molecule has 4 amide bonds. The number of benzene rings is 5. The molecular weight excluding hydrogens is 1770 g/mol. The topological polar surface area (TPSA) is 359 Å². The monoisotopic (exact) mass is 1880 g/mol. The van der Waals surface area contributed by atoms with Crippen molar-refractivity contribution in [2.45, 2.75) is 184 Å². The lowest BCUT2D eigenvalue weighted by Crippen LogP contribution is -2.36. The number of amides is 4. The van der Waals surface area contributed by atoms with E-state index in [0.29, 0.717) is 78.4 Å². The van der Waals surface area contributed by atoms with Gasteiger partial charge in [-0.3, -0.25) is 60.3 Å². The summed E-state index contributed by atoms with van der Waals surface area (Å²) < 4.78 is 43.7. The van der Waals surface area contributed by atoms with Crippen LogP contribution in [0.25, 0.3) is 0 Å². The fourth-order valence-electron chi connectivity index (χ4n) is 10.2. The summed E-state index contributed by atoms with van der Waals surface area (Å²) in [6, 6.07) is 52.3. The predicted octanol–water partition coefficient (Wildman–Crippen LogP) is 22.5. The smallest absolute Gasteiger partial charge is 0.415 e. The van der Waals surface area contributed by atoms with E-state index in [9.17, 15) is 28.8 Å². The summed E-state index contributed by atoms with van der Waals surface area (Å²) >= 11 is 24.0. The van der Waals surface area contributed by atoms with Crippen molar-refractivity contribution >= 4 is 149 Å². The lowest BCUT2D eigenvalue weighted by molar-refractivity contribution is -0.0464. The maximum Gasteiger partial charge on any atom is 0.415 e. The molecule has 0 bridgehead atoms. The Labute approximate surface area is 781 Å². The number of halogens is 2. The molecule has 6 aromatic heterocycles. The maximum atomic E-state index is 13.1. The lowest BCUT2D eigenvalue weighted by Gasteiger charge is -2.27. The summed E-state index contributed by atoms with van der Waals surface area (Å²) in [5, 5.41) is 23.7. The molecule has 2 aliphatic rings. The highest BCUT2D eigenvalue weighted by molar-refractivity contribution is 8.00. The number of nitrogen functional groups attached to an aromatic ring is 1. The number of aryl methyl sites for hydroxylation is 2. The first-order valence-corrected chi connectivity index (χ1v) is 44.1. The second-order valence-electron chi connectivity index (χ2n) is 31.1. The van der Waals surface area contributed by atoms with Crippen LogP contribution in [0.15, 0.2) is 271 Å². The zero-order valence-electron chi connectivity index (χ0n) is 73.6. The normalized spacial score (nSPS) is 12.2. The van der Waals surface area contributed by atoms with Crippen molar-refractivity contribution in [3.8, 4) is 0 Å². The number of thiol groups is 2. The van der Waals surface area contributed by atoms with Crippen LogP contribution < -0.4 is 26.6 Å². The number of aliphatic hydroxyl groups excluding tert-OH is 2. The van der Waals surface area contributed by atoms with Crippen LogP contribution in [-0.4, -0.2) is 139 Å². The zero-order valence-corrected chi connectivity index (χ0v) is 79.3. The van der Waals surface area contributed by atoms with Gasteiger partial charge in [-0.25, -0.2) is 19.2 Å². The number of aldehydes is 2. The zero-order chi connectivity index (χ0) is 93.8. The number of carbonyl (C=O) groups is 6. The van der Waals surface area contributed by atoms with Crippen molar-refractivity contribution in [2.75, 3.05) is 66.2 Å². The number of rotatable bonds is 18. The van der Waals surface area contributed by atoms with Gasteiger partial charge in [-0.2, -0.15) is 0 Å². The molecule has 128 heavy (non-hydrogen) atoms. The van der Waals surface area contributed by atoms with Crippen LogP contribution >= 0.6 is 83.7 Å². The molecule has 2 fully saturated rings. The highest BCUT2D eigenvalue weighted by Crippen LogP contribution is 2.39. The molecule has 0 unspecified atom stereocenters. The summed E-state index contributed by atoms with van der Waals surface area (Å²) in [6.07, 6.45) is 15.6. The molecule has 27 nitrogen and oxygen atoms in total. The molecule has 680 valence electrons. The van der Waals surface area contributed by atoms with E-state index in [0.717, 1.165) is 90.5 Å². The molecule has 11 aromatic rings. The minimum Gasteiger partial charge on any atom is -0.444 e. The Bertz CT molecular complexity index is 5220. The van der Waals surface area contributed by atoms with Gasteiger partial charge in [0.1, 0.15) is 22.4 Å². The summed E-state index contributed by atoms with van der Waals surface area (Å²) in [6.45, 7) is 28.3. The third-order valence-electron chi connectivity index (χ3n) is 15.6. The molecule has 2 aliphatic heterocycles. The third-order valence-corrected chi connectivity index (χ3v) is 20.1. The van der Waals surface area contributed by atoms with E-state index in [2.05, 4.69) is 71.1 Å². The SMILES string of the molecule is CC(C)(C)OC(=O)Nc1ccc(S)cc1.CC(C)(C)OC(=O)Nc1ccc(Sc2ccncc2C2OCCO2)cc1.CC(C)(C)OC(=O)Nc1ccc(Sc2ccncc2C=O)cc1.Cc1cc(CCl)ccn1.Cc1cc(CN(C(=O)OC(C)(C)C)c2ccc(Sc3ccncc3C3OCCO3)cc2)ccn1.Nc1ccc(S)cc1.O=Cc1cnccc1Cl.OCCO. The number of pyridine rings is 6. The van der Waals surface area contributed by atoms with E-state index in [-0.39, 0.29) is 25.8 Å². The molecule has 0 spiro atoms. The van der Waals surface area contributed by atoms with Crippen LogP contribution in [-0.2, 0) is 50.3 Å². The minimum absolute atomic E-state index is 0.125. The number of aromatic nitrogens is 6. The van der Waals surface area contributed by atoms with Crippen molar-refractivity contribution in [1.29, 1.82) is 0 Å². The number of nitrogens with two attached hydrogens (primary N) is 1. The van der Waals surface area contributed by atoms with E-state index in [4.69, 9.17) is 77.0 Å². The first-order valence-electron chi connectivity index (χ1n) is 39.9. The van der Waals surface area contributed by atoms with Crippen LogP contribution in [0.1, 0.15) is 150 Å². The van der Waals surface area contributed by atoms with Crippen LogP contribution in [0.3, 0.4) is 0 Å². The molecule has 13 rings (SSSR count). The molecule has 0 saturated carbocycles. The Hall–Kier alpha value is -10.7. The molecule has 8 heterocycles. The summed E-state index contributed by atoms with van der Waals surface area (Å²) in [4.78, 5) is 103.